The van der Waals surface area contributed by atoms with Crippen molar-refractivity contribution in [2.45, 2.75) is 38.8 Å². The number of benzene rings is 1. The molecule has 0 amide bonds. The molecule has 17 heavy (non-hydrogen) atoms. The summed E-state index contributed by atoms with van der Waals surface area (Å²) in [6, 6.07) is 3.96. The minimum Gasteiger partial charge on any atom is -0.389 e. The van der Waals surface area contributed by atoms with Crippen LogP contribution in [-0.2, 0) is 6.42 Å². The van der Waals surface area contributed by atoms with Gasteiger partial charge in [0.2, 0.25) is 0 Å². The number of aliphatic hydroxyl groups is 1. The Balaban J connectivity index is 2.65. The van der Waals surface area contributed by atoms with E-state index in [9.17, 15) is 13.9 Å². The van der Waals surface area contributed by atoms with Gasteiger partial charge in [0.25, 0.3) is 0 Å². The highest BCUT2D eigenvalue weighted by Gasteiger charge is 2.21. The third-order valence-corrected chi connectivity index (χ3v) is 2.46. The van der Waals surface area contributed by atoms with E-state index in [0.717, 1.165) is 12.1 Å². The van der Waals surface area contributed by atoms with E-state index < -0.39 is 17.2 Å². The molecular weight excluding hydrogens is 224 g/mol. The van der Waals surface area contributed by atoms with Crippen LogP contribution in [0.4, 0.5) is 8.78 Å². The van der Waals surface area contributed by atoms with Gasteiger partial charge in [0.05, 0.1) is 5.60 Å². The summed E-state index contributed by atoms with van der Waals surface area (Å²) in [5.74, 6) is -1.75. The van der Waals surface area contributed by atoms with Gasteiger partial charge in [-0.25, -0.2) is 8.78 Å². The third kappa shape index (κ3) is 4.79. The number of halogens is 2. The third-order valence-electron chi connectivity index (χ3n) is 2.46. The molecule has 0 heterocycles. The largest absolute Gasteiger partial charge is 0.389 e. The molecule has 0 spiro atoms. The van der Waals surface area contributed by atoms with Crippen LogP contribution in [-0.4, -0.2) is 23.3 Å². The molecule has 0 bridgehead atoms. The first-order chi connectivity index (χ1) is 7.80. The summed E-state index contributed by atoms with van der Waals surface area (Å²) in [6.07, 6.45) is 0.282. The highest BCUT2D eigenvalue weighted by molar-refractivity contribution is 5.19. The second kappa shape index (κ2) is 5.56. The minimum absolute atomic E-state index is 0.270. The first-order valence-electron chi connectivity index (χ1n) is 5.70. The van der Waals surface area contributed by atoms with Crippen molar-refractivity contribution in [1.29, 1.82) is 0 Å². The van der Waals surface area contributed by atoms with Gasteiger partial charge in [-0.05, 0) is 24.6 Å². The van der Waals surface area contributed by atoms with Gasteiger partial charge >= 0.3 is 0 Å². The van der Waals surface area contributed by atoms with Crippen molar-refractivity contribution in [2.24, 2.45) is 0 Å². The first kappa shape index (κ1) is 14.1. The fourth-order valence-corrected chi connectivity index (χ4v) is 1.58. The molecule has 0 aliphatic heterocycles. The Morgan fingerprint density at radius 2 is 1.94 bits per heavy atom. The highest BCUT2D eigenvalue weighted by atomic mass is 19.2. The zero-order valence-electron chi connectivity index (χ0n) is 10.4. The lowest BCUT2D eigenvalue weighted by Gasteiger charge is -2.25. The molecule has 1 aromatic carbocycles. The molecule has 96 valence electrons. The molecule has 0 aromatic heterocycles. The van der Waals surface area contributed by atoms with Crippen molar-refractivity contribution < 1.29 is 13.9 Å². The van der Waals surface area contributed by atoms with Gasteiger partial charge in [0, 0.05) is 19.0 Å². The van der Waals surface area contributed by atoms with Gasteiger partial charge < -0.3 is 10.4 Å². The summed E-state index contributed by atoms with van der Waals surface area (Å²) in [4.78, 5) is 0. The first-order valence-corrected chi connectivity index (χ1v) is 5.70. The van der Waals surface area contributed by atoms with Crippen LogP contribution in [0.3, 0.4) is 0 Å². The van der Waals surface area contributed by atoms with Crippen LogP contribution in [0.2, 0.25) is 0 Å². The Kier molecular flexibility index (Phi) is 4.60. The second-order valence-corrected chi connectivity index (χ2v) is 4.96. The number of hydrogen-bond donors (Lipinski definition) is 2. The topological polar surface area (TPSA) is 32.3 Å². The smallest absolute Gasteiger partial charge is 0.159 e. The summed E-state index contributed by atoms with van der Waals surface area (Å²) >= 11 is 0. The maximum Gasteiger partial charge on any atom is 0.159 e. The maximum absolute atomic E-state index is 13.0. The molecule has 0 saturated heterocycles. The van der Waals surface area contributed by atoms with E-state index in [-0.39, 0.29) is 12.5 Å². The molecule has 2 nitrogen and oxygen atoms in total. The van der Waals surface area contributed by atoms with Crippen LogP contribution in [0.25, 0.3) is 0 Å². The van der Waals surface area contributed by atoms with Crippen LogP contribution in [0.5, 0.6) is 0 Å². The second-order valence-electron chi connectivity index (χ2n) is 4.96. The van der Waals surface area contributed by atoms with E-state index in [2.05, 4.69) is 5.32 Å². The minimum atomic E-state index is -0.978. The standard InChI is InChI=1S/C13H19F2NO/c1-9(2)16-8-13(3,17)7-10-4-5-11(14)12(15)6-10/h4-6,9,16-17H,7-8H2,1-3H3. The molecule has 0 saturated carbocycles. The van der Waals surface area contributed by atoms with E-state index >= 15 is 0 Å². The summed E-state index contributed by atoms with van der Waals surface area (Å²) in [7, 11) is 0. The van der Waals surface area contributed by atoms with E-state index in [1.807, 2.05) is 13.8 Å². The van der Waals surface area contributed by atoms with Gasteiger partial charge in [-0.3, -0.25) is 0 Å². The maximum atomic E-state index is 13.0. The summed E-state index contributed by atoms with van der Waals surface area (Å²) in [5, 5.41) is 13.2. The lowest BCUT2D eigenvalue weighted by Crippen LogP contribution is -2.42. The summed E-state index contributed by atoms with van der Waals surface area (Å²) < 4.78 is 25.7. The molecule has 1 rings (SSSR count). The Bertz CT molecular complexity index is 378. The molecule has 0 aliphatic carbocycles. The Labute approximate surface area is 101 Å². The average Bonchev–Trinajstić information content (AvgIpc) is 2.21. The van der Waals surface area contributed by atoms with Crippen molar-refractivity contribution in [3.63, 3.8) is 0 Å². The van der Waals surface area contributed by atoms with E-state index in [4.69, 9.17) is 0 Å². The van der Waals surface area contributed by atoms with Gasteiger partial charge in [0.1, 0.15) is 0 Å². The molecule has 0 radical (unpaired) electrons. The van der Waals surface area contributed by atoms with Crippen molar-refractivity contribution in [3.05, 3.63) is 35.4 Å². The highest BCUT2D eigenvalue weighted by Crippen LogP contribution is 2.15. The lowest BCUT2D eigenvalue weighted by atomic mass is 9.96. The van der Waals surface area contributed by atoms with Crippen LogP contribution in [0.1, 0.15) is 26.3 Å². The summed E-state index contributed by atoms with van der Waals surface area (Å²) in [5.41, 5.74) is -0.395. The molecule has 0 aliphatic rings. The van der Waals surface area contributed by atoms with Gasteiger partial charge in [-0.15, -0.1) is 0 Å². The molecule has 1 unspecified atom stereocenters. The van der Waals surface area contributed by atoms with Crippen LogP contribution in [0.15, 0.2) is 18.2 Å². The molecule has 1 atom stereocenters. The molecular formula is C13H19F2NO. The number of hydrogen-bond acceptors (Lipinski definition) is 2. The fourth-order valence-electron chi connectivity index (χ4n) is 1.58. The number of nitrogens with one attached hydrogen (secondary N) is 1. The zero-order chi connectivity index (χ0) is 13.1. The van der Waals surface area contributed by atoms with Gasteiger partial charge in [-0.2, -0.15) is 0 Å². The van der Waals surface area contributed by atoms with Crippen molar-refractivity contribution in [2.75, 3.05) is 6.54 Å². The predicted octanol–water partition coefficient (Wildman–Crippen LogP) is 2.26. The van der Waals surface area contributed by atoms with Crippen molar-refractivity contribution in [3.8, 4) is 0 Å². The monoisotopic (exact) mass is 243 g/mol. The fraction of sp³-hybridized carbons (Fsp3) is 0.538. The lowest BCUT2D eigenvalue weighted by molar-refractivity contribution is 0.0580. The average molecular weight is 243 g/mol. The van der Waals surface area contributed by atoms with E-state index in [1.54, 1.807) is 6.92 Å². The SMILES string of the molecule is CC(C)NCC(C)(O)Cc1ccc(F)c(F)c1. The van der Waals surface area contributed by atoms with Crippen LogP contribution in [0, 0.1) is 11.6 Å². The van der Waals surface area contributed by atoms with Gasteiger partial charge in [-0.1, -0.05) is 19.9 Å². The van der Waals surface area contributed by atoms with Crippen LogP contribution < -0.4 is 5.32 Å². The van der Waals surface area contributed by atoms with Crippen molar-refractivity contribution >= 4 is 0 Å². The zero-order valence-corrected chi connectivity index (χ0v) is 10.4. The molecule has 2 N–H and O–H groups in total. The number of rotatable bonds is 5. The quantitative estimate of drug-likeness (QED) is 0.831. The predicted molar refractivity (Wildman–Crippen MR) is 63.8 cm³/mol. The van der Waals surface area contributed by atoms with Crippen LogP contribution >= 0.6 is 0 Å². The molecule has 0 fully saturated rings. The van der Waals surface area contributed by atoms with Crippen molar-refractivity contribution in [1.82, 2.24) is 5.32 Å². The molecule has 4 heteroatoms. The Morgan fingerprint density at radius 1 is 1.29 bits per heavy atom. The van der Waals surface area contributed by atoms with E-state index in [1.165, 1.54) is 6.07 Å². The van der Waals surface area contributed by atoms with E-state index in [0.29, 0.717) is 12.1 Å². The molecule has 1 aromatic rings. The van der Waals surface area contributed by atoms with Gasteiger partial charge in [0.15, 0.2) is 11.6 Å². The summed E-state index contributed by atoms with van der Waals surface area (Å²) in [6.45, 7) is 6.04. The normalized spacial score (nSPS) is 15.0. The Hall–Kier alpha value is -1.00. The Morgan fingerprint density at radius 3 is 2.47 bits per heavy atom.